The standard InChI is InChI=1S/C24H27N5O2S.ClH/c1-16-14-17(2)22-19(15-16)26-24(32-22)29(9-8-27-10-12-31-13-11-27)23(30)21-18(3)25-20-6-4-5-7-28(20)21;/h4-7,14-15H,8-13H2,1-3H3;1H. The lowest BCUT2D eigenvalue weighted by atomic mass is 10.1. The van der Waals surface area contributed by atoms with E-state index in [1.807, 2.05) is 40.6 Å². The summed E-state index contributed by atoms with van der Waals surface area (Å²) in [6.07, 6.45) is 1.90. The van der Waals surface area contributed by atoms with Crippen molar-refractivity contribution in [1.82, 2.24) is 19.3 Å². The van der Waals surface area contributed by atoms with Crippen molar-refractivity contribution in [3.05, 3.63) is 59.0 Å². The number of hydrogen-bond donors (Lipinski definition) is 0. The number of aryl methyl sites for hydroxylation is 3. The molecule has 174 valence electrons. The molecule has 0 spiro atoms. The average molecular weight is 486 g/mol. The Morgan fingerprint density at radius 1 is 1.15 bits per heavy atom. The number of pyridine rings is 1. The van der Waals surface area contributed by atoms with Crippen LogP contribution in [0.1, 0.15) is 27.3 Å². The highest BCUT2D eigenvalue weighted by atomic mass is 35.5. The van der Waals surface area contributed by atoms with E-state index in [1.165, 1.54) is 11.1 Å². The summed E-state index contributed by atoms with van der Waals surface area (Å²) in [6, 6.07) is 10.0. The zero-order chi connectivity index (χ0) is 22.2. The molecule has 33 heavy (non-hydrogen) atoms. The molecule has 5 rings (SSSR count). The van der Waals surface area contributed by atoms with Gasteiger partial charge in [-0.3, -0.25) is 19.0 Å². The largest absolute Gasteiger partial charge is 0.379 e. The summed E-state index contributed by atoms with van der Waals surface area (Å²) < 4.78 is 8.49. The Balaban J connectivity index is 0.00000259. The molecule has 1 aliphatic heterocycles. The molecule has 1 fully saturated rings. The Morgan fingerprint density at radius 3 is 2.73 bits per heavy atom. The quantitative estimate of drug-likeness (QED) is 0.422. The highest BCUT2D eigenvalue weighted by Gasteiger charge is 2.27. The molecular formula is C24H28ClN5O2S. The summed E-state index contributed by atoms with van der Waals surface area (Å²) >= 11 is 1.59. The molecule has 1 aromatic carbocycles. The van der Waals surface area contributed by atoms with Crippen molar-refractivity contribution in [2.24, 2.45) is 0 Å². The van der Waals surface area contributed by atoms with Crippen molar-refractivity contribution < 1.29 is 9.53 Å². The number of thiazole rings is 1. The predicted octanol–water partition coefficient (Wildman–Crippen LogP) is 4.27. The Bertz CT molecular complexity index is 1290. The molecule has 0 saturated carbocycles. The summed E-state index contributed by atoms with van der Waals surface area (Å²) in [7, 11) is 0. The molecule has 0 aliphatic carbocycles. The molecule has 3 aromatic heterocycles. The molecule has 4 heterocycles. The van der Waals surface area contributed by atoms with E-state index in [2.05, 4.69) is 35.9 Å². The Kier molecular flexibility index (Phi) is 6.99. The van der Waals surface area contributed by atoms with Crippen LogP contribution in [0.15, 0.2) is 36.5 Å². The fourth-order valence-electron chi connectivity index (χ4n) is 4.33. The third-order valence-corrected chi connectivity index (χ3v) is 7.16. The number of aromatic nitrogens is 3. The number of halogens is 1. The lowest BCUT2D eigenvalue weighted by Gasteiger charge is -2.29. The molecule has 1 amide bonds. The minimum Gasteiger partial charge on any atom is -0.379 e. The van der Waals surface area contributed by atoms with Crippen LogP contribution in [-0.2, 0) is 4.74 Å². The highest BCUT2D eigenvalue weighted by molar-refractivity contribution is 7.22. The molecule has 1 saturated heterocycles. The van der Waals surface area contributed by atoms with Crippen LogP contribution < -0.4 is 4.90 Å². The van der Waals surface area contributed by atoms with Crippen molar-refractivity contribution in [1.29, 1.82) is 0 Å². The van der Waals surface area contributed by atoms with Crippen molar-refractivity contribution in [3.8, 4) is 0 Å². The smallest absolute Gasteiger partial charge is 0.279 e. The number of fused-ring (bicyclic) bond motifs is 2. The molecule has 4 aromatic rings. The van der Waals surface area contributed by atoms with Gasteiger partial charge in [0.2, 0.25) is 0 Å². The van der Waals surface area contributed by atoms with Gasteiger partial charge in [0.25, 0.3) is 5.91 Å². The second kappa shape index (κ2) is 9.77. The predicted molar refractivity (Wildman–Crippen MR) is 135 cm³/mol. The second-order valence-electron chi connectivity index (χ2n) is 8.31. The van der Waals surface area contributed by atoms with Gasteiger partial charge >= 0.3 is 0 Å². The van der Waals surface area contributed by atoms with Crippen LogP contribution in [0.25, 0.3) is 15.9 Å². The zero-order valence-electron chi connectivity index (χ0n) is 19.1. The van der Waals surface area contributed by atoms with E-state index < -0.39 is 0 Å². The molecule has 9 heteroatoms. The third-order valence-electron chi connectivity index (χ3n) is 5.94. The number of morpholine rings is 1. The first-order valence-electron chi connectivity index (χ1n) is 10.9. The molecular weight excluding hydrogens is 458 g/mol. The maximum absolute atomic E-state index is 13.9. The van der Waals surface area contributed by atoms with Gasteiger partial charge in [-0.1, -0.05) is 23.5 Å². The minimum absolute atomic E-state index is 0. The summed E-state index contributed by atoms with van der Waals surface area (Å²) in [6.45, 7) is 10.7. The first-order valence-corrected chi connectivity index (χ1v) is 11.8. The number of carbonyl (C=O) groups excluding carboxylic acids is 1. The average Bonchev–Trinajstić information content (AvgIpc) is 3.34. The highest BCUT2D eigenvalue weighted by Crippen LogP contribution is 2.33. The van der Waals surface area contributed by atoms with Crippen molar-refractivity contribution in [2.75, 3.05) is 44.3 Å². The van der Waals surface area contributed by atoms with Crippen LogP contribution in [0, 0.1) is 20.8 Å². The number of imidazole rings is 1. The van der Waals surface area contributed by atoms with E-state index in [0.29, 0.717) is 12.2 Å². The molecule has 7 nitrogen and oxygen atoms in total. The maximum Gasteiger partial charge on any atom is 0.279 e. The number of anilines is 1. The van der Waals surface area contributed by atoms with Crippen molar-refractivity contribution >= 4 is 50.6 Å². The minimum atomic E-state index is -0.0668. The maximum atomic E-state index is 13.9. The lowest BCUT2D eigenvalue weighted by molar-refractivity contribution is 0.0391. The van der Waals surface area contributed by atoms with E-state index >= 15 is 0 Å². The Labute approximate surface area is 203 Å². The Hall–Kier alpha value is -2.52. The monoisotopic (exact) mass is 485 g/mol. The summed E-state index contributed by atoms with van der Waals surface area (Å²) in [4.78, 5) is 27.6. The van der Waals surface area contributed by atoms with E-state index in [9.17, 15) is 4.79 Å². The van der Waals surface area contributed by atoms with Gasteiger partial charge < -0.3 is 4.74 Å². The molecule has 0 atom stereocenters. The number of rotatable bonds is 5. The zero-order valence-corrected chi connectivity index (χ0v) is 20.7. The van der Waals surface area contributed by atoms with Gasteiger partial charge in [-0.05, 0) is 50.1 Å². The van der Waals surface area contributed by atoms with Gasteiger partial charge in [-0.15, -0.1) is 12.4 Å². The van der Waals surface area contributed by atoms with Gasteiger partial charge in [0.1, 0.15) is 11.3 Å². The van der Waals surface area contributed by atoms with Crippen LogP contribution in [-0.4, -0.2) is 64.6 Å². The van der Waals surface area contributed by atoms with Crippen LogP contribution in [0.4, 0.5) is 5.13 Å². The first-order chi connectivity index (χ1) is 15.5. The topological polar surface area (TPSA) is 63.0 Å². The van der Waals surface area contributed by atoms with Crippen LogP contribution in [0.3, 0.4) is 0 Å². The third kappa shape index (κ3) is 4.61. The number of benzene rings is 1. The van der Waals surface area contributed by atoms with Gasteiger partial charge in [0, 0.05) is 32.4 Å². The van der Waals surface area contributed by atoms with Crippen molar-refractivity contribution in [3.63, 3.8) is 0 Å². The van der Waals surface area contributed by atoms with Gasteiger partial charge in [-0.2, -0.15) is 0 Å². The Morgan fingerprint density at radius 2 is 1.94 bits per heavy atom. The summed E-state index contributed by atoms with van der Waals surface area (Å²) in [5.74, 6) is -0.0668. The van der Waals surface area contributed by atoms with E-state index in [0.717, 1.165) is 59.5 Å². The van der Waals surface area contributed by atoms with Crippen LogP contribution in [0.5, 0.6) is 0 Å². The van der Waals surface area contributed by atoms with Gasteiger partial charge in [-0.25, -0.2) is 9.97 Å². The molecule has 0 N–H and O–H groups in total. The molecule has 1 aliphatic rings. The van der Waals surface area contributed by atoms with Crippen LogP contribution >= 0.6 is 23.7 Å². The first kappa shape index (κ1) is 23.6. The lowest BCUT2D eigenvalue weighted by Crippen LogP contribution is -2.43. The number of hydrogen-bond acceptors (Lipinski definition) is 6. The SMILES string of the molecule is Cc1cc(C)c2sc(N(CCN3CCOCC3)C(=O)c3c(C)nc4ccccn34)nc2c1.Cl. The molecule has 0 bridgehead atoms. The second-order valence-corrected chi connectivity index (χ2v) is 9.29. The normalized spacial score (nSPS) is 14.5. The van der Waals surface area contributed by atoms with Crippen LogP contribution in [0.2, 0.25) is 0 Å². The summed E-state index contributed by atoms with van der Waals surface area (Å²) in [5.41, 5.74) is 5.41. The number of ether oxygens (including phenoxy) is 1. The number of nitrogens with zero attached hydrogens (tertiary/aromatic N) is 5. The van der Waals surface area contributed by atoms with E-state index in [1.54, 1.807) is 11.3 Å². The molecule has 0 unspecified atom stereocenters. The van der Waals surface area contributed by atoms with E-state index in [-0.39, 0.29) is 18.3 Å². The summed E-state index contributed by atoms with van der Waals surface area (Å²) in [5, 5.41) is 0.734. The van der Waals surface area contributed by atoms with Crippen molar-refractivity contribution in [2.45, 2.75) is 20.8 Å². The fraction of sp³-hybridized carbons (Fsp3) is 0.375. The number of amides is 1. The van der Waals surface area contributed by atoms with Gasteiger partial charge in [0.15, 0.2) is 5.13 Å². The number of carbonyl (C=O) groups is 1. The van der Waals surface area contributed by atoms with Gasteiger partial charge in [0.05, 0.1) is 29.1 Å². The fourth-order valence-corrected chi connectivity index (χ4v) is 5.37. The molecule has 0 radical (unpaired) electrons. The van der Waals surface area contributed by atoms with E-state index in [4.69, 9.17) is 9.72 Å².